The van der Waals surface area contributed by atoms with Crippen molar-refractivity contribution >= 4 is 34.7 Å². The molecule has 2 heterocycles. The molecule has 6 nitrogen and oxygen atoms in total. The summed E-state index contributed by atoms with van der Waals surface area (Å²) in [6.07, 6.45) is 2.32. The van der Waals surface area contributed by atoms with Crippen molar-refractivity contribution in [3.63, 3.8) is 0 Å². The molecule has 0 aliphatic carbocycles. The molecule has 0 atom stereocenters. The number of aromatic nitrogens is 3. The zero-order chi connectivity index (χ0) is 16.6. The number of hydrogen-bond donors (Lipinski definition) is 0. The third-order valence-corrected chi connectivity index (χ3v) is 5.16. The Labute approximate surface area is 134 Å². The number of carbonyl (C=O) groups is 1. The minimum atomic E-state index is -3.80. The van der Waals surface area contributed by atoms with E-state index in [0.29, 0.717) is 5.39 Å². The number of fused-ring (bicyclic) bond motifs is 1. The lowest BCUT2D eigenvalue weighted by Gasteiger charge is -2.07. The van der Waals surface area contributed by atoms with Gasteiger partial charge in [-0.2, -0.15) is 0 Å². The second-order valence-corrected chi connectivity index (χ2v) is 6.83. The summed E-state index contributed by atoms with van der Waals surface area (Å²) in [5, 5.41) is 0.360. The van der Waals surface area contributed by atoms with Gasteiger partial charge in [-0.1, -0.05) is 17.7 Å². The third kappa shape index (κ3) is 2.55. The quantitative estimate of drug-likeness (QED) is 0.539. The molecular formula is C15H12BN3O3S. The van der Waals surface area contributed by atoms with E-state index in [2.05, 4.69) is 9.97 Å². The number of rotatable bonds is 4. The Morgan fingerprint density at radius 2 is 1.87 bits per heavy atom. The number of Topliss-reactive ketones (excluding diaryl/α,β-unsaturated/α-hetero) is 1. The third-order valence-electron chi connectivity index (χ3n) is 3.48. The molecule has 23 heavy (non-hydrogen) atoms. The molecule has 0 aliphatic rings. The fourth-order valence-corrected chi connectivity index (χ4v) is 3.57. The molecule has 0 amide bonds. The van der Waals surface area contributed by atoms with Crippen molar-refractivity contribution in [1.29, 1.82) is 0 Å². The average Bonchev–Trinajstić information content (AvgIpc) is 2.99. The van der Waals surface area contributed by atoms with Gasteiger partial charge in [0.1, 0.15) is 12.0 Å². The summed E-state index contributed by atoms with van der Waals surface area (Å²) < 4.78 is 26.6. The van der Waals surface area contributed by atoms with Gasteiger partial charge < -0.3 is 0 Å². The van der Waals surface area contributed by atoms with Crippen molar-refractivity contribution in [2.75, 3.05) is 0 Å². The Balaban J connectivity index is 2.21. The lowest BCUT2D eigenvalue weighted by molar-refractivity contribution is 0.101. The number of ketones is 1. The SMILES string of the molecule is [B]CC(=O)c1ncnc2c1ccn2S(=O)(=O)c1ccc(C)cc1. The molecular weight excluding hydrogens is 313 g/mol. The number of benzene rings is 1. The Bertz CT molecular complexity index is 994. The van der Waals surface area contributed by atoms with Crippen LogP contribution in [0.25, 0.3) is 11.0 Å². The van der Waals surface area contributed by atoms with Crippen molar-refractivity contribution < 1.29 is 13.2 Å². The first-order valence-electron chi connectivity index (χ1n) is 6.82. The number of hydrogen-bond acceptors (Lipinski definition) is 5. The average molecular weight is 325 g/mol. The molecule has 114 valence electrons. The van der Waals surface area contributed by atoms with Gasteiger partial charge in [0.25, 0.3) is 10.0 Å². The lowest BCUT2D eigenvalue weighted by Crippen LogP contribution is -2.13. The van der Waals surface area contributed by atoms with Gasteiger partial charge in [0.05, 0.1) is 12.7 Å². The van der Waals surface area contributed by atoms with E-state index in [1.54, 1.807) is 12.1 Å². The van der Waals surface area contributed by atoms with Crippen molar-refractivity contribution in [2.24, 2.45) is 0 Å². The molecule has 0 fully saturated rings. The van der Waals surface area contributed by atoms with Gasteiger partial charge >= 0.3 is 0 Å². The fourth-order valence-electron chi connectivity index (χ4n) is 2.26. The van der Waals surface area contributed by atoms with Gasteiger partial charge in [-0.3, -0.25) is 4.79 Å². The van der Waals surface area contributed by atoms with E-state index in [1.165, 1.54) is 24.4 Å². The van der Waals surface area contributed by atoms with Gasteiger partial charge in [0, 0.05) is 11.6 Å². The maximum atomic E-state index is 12.8. The minimum Gasteiger partial charge on any atom is -0.293 e. The predicted octanol–water partition coefficient (Wildman–Crippen LogP) is 1.75. The van der Waals surface area contributed by atoms with Crippen LogP contribution in [0.5, 0.6) is 0 Å². The maximum Gasteiger partial charge on any atom is 0.269 e. The second kappa shape index (κ2) is 5.62. The Kier molecular flexibility index (Phi) is 3.77. The summed E-state index contributed by atoms with van der Waals surface area (Å²) in [6.45, 7) is 1.87. The first-order valence-corrected chi connectivity index (χ1v) is 8.26. The van der Waals surface area contributed by atoms with Crippen LogP contribution in [0.2, 0.25) is 6.32 Å². The topological polar surface area (TPSA) is 81.9 Å². The van der Waals surface area contributed by atoms with Crippen LogP contribution >= 0.6 is 0 Å². The highest BCUT2D eigenvalue weighted by Gasteiger charge is 2.22. The summed E-state index contributed by atoms with van der Waals surface area (Å²) in [6, 6.07) is 8.01. The molecule has 1 aromatic carbocycles. The first-order chi connectivity index (χ1) is 10.9. The van der Waals surface area contributed by atoms with Gasteiger partial charge in [-0.25, -0.2) is 22.4 Å². The first kappa shape index (κ1) is 15.4. The van der Waals surface area contributed by atoms with Crippen LogP contribution in [0.4, 0.5) is 0 Å². The Morgan fingerprint density at radius 3 is 2.52 bits per heavy atom. The summed E-state index contributed by atoms with van der Waals surface area (Å²) in [7, 11) is 1.55. The summed E-state index contributed by atoms with van der Waals surface area (Å²) in [5.74, 6) is -0.372. The molecule has 0 unspecified atom stereocenters. The van der Waals surface area contributed by atoms with Crippen molar-refractivity contribution in [3.8, 4) is 0 Å². The van der Waals surface area contributed by atoms with E-state index in [1.807, 2.05) is 6.92 Å². The van der Waals surface area contributed by atoms with E-state index in [9.17, 15) is 13.2 Å². The molecule has 0 N–H and O–H groups in total. The van der Waals surface area contributed by atoms with Crippen molar-refractivity contribution in [2.45, 2.75) is 18.1 Å². The molecule has 3 rings (SSSR count). The summed E-state index contributed by atoms with van der Waals surface area (Å²) in [4.78, 5) is 19.9. The van der Waals surface area contributed by atoms with Crippen LogP contribution in [0.15, 0.2) is 47.8 Å². The number of nitrogens with zero attached hydrogens (tertiary/aromatic N) is 3. The normalized spacial score (nSPS) is 11.7. The van der Waals surface area contributed by atoms with Gasteiger partial charge in [-0.05, 0) is 31.4 Å². The molecule has 2 radical (unpaired) electrons. The molecule has 3 aromatic rings. The largest absolute Gasteiger partial charge is 0.293 e. The molecule has 8 heteroatoms. The lowest BCUT2D eigenvalue weighted by atomic mass is 9.98. The van der Waals surface area contributed by atoms with Crippen LogP contribution in [0.1, 0.15) is 16.1 Å². The molecule has 0 spiro atoms. The van der Waals surface area contributed by atoms with E-state index in [-0.39, 0.29) is 28.3 Å². The predicted molar refractivity (Wildman–Crippen MR) is 86.2 cm³/mol. The minimum absolute atomic E-state index is 0.121. The van der Waals surface area contributed by atoms with Crippen molar-refractivity contribution in [3.05, 3.63) is 54.1 Å². The van der Waals surface area contributed by atoms with Crippen molar-refractivity contribution in [1.82, 2.24) is 13.9 Å². The highest BCUT2D eigenvalue weighted by Crippen LogP contribution is 2.23. The van der Waals surface area contributed by atoms with Gasteiger partial charge in [0.15, 0.2) is 11.4 Å². The zero-order valence-electron chi connectivity index (χ0n) is 12.3. The molecule has 0 saturated carbocycles. The number of carbonyl (C=O) groups excluding carboxylic acids is 1. The number of aryl methyl sites for hydroxylation is 1. The molecule has 2 aromatic heterocycles. The second-order valence-electron chi connectivity index (χ2n) is 5.02. The van der Waals surface area contributed by atoms with Crippen LogP contribution < -0.4 is 0 Å². The van der Waals surface area contributed by atoms with Gasteiger partial charge in [0.2, 0.25) is 0 Å². The monoisotopic (exact) mass is 325 g/mol. The molecule has 0 bridgehead atoms. The van der Waals surface area contributed by atoms with E-state index < -0.39 is 10.0 Å². The maximum absolute atomic E-state index is 12.8. The summed E-state index contributed by atoms with van der Waals surface area (Å²) in [5.41, 5.74) is 1.23. The van der Waals surface area contributed by atoms with E-state index in [4.69, 9.17) is 7.85 Å². The fraction of sp³-hybridized carbons (Fsp3) is 0.133. The van der Waals surface area contributed by atoms with Gasteiger partial charge in [-0.15, -0.1) is 0 Å². The van der Waals surface area contributed by atoms with Crippen LogP contribution in [-0.4, -0.2) is 36.0 Å². The standard InChI is InChI=1S/C15H12BN3O3S/c1-10-2-4-11(5-3-10)23(21,22)19-7-6-12-14(13(20)8-16)17-9-18-15(12)19/h2-7,9H,8H2,1H3. The van der Waals surface area contributed by atoms with E-state index in [0.717, 1.165) is 15.9 Å². The van der Waals surface area contributed by atoms with Crippen LogP contribution in [0.3, 0.4) is 0 Å². The smallest absolute Gasteiger partial charge is 0.269 e. The van der Waals surface area contributed by atoms with Crippen LogP contribution in [-0.2, 0) is 10.0 Å². The molecule has 0 saturated heterocycles. The highest BCUT2D eigenvalue weighted by molar-refractivity contribution is 7.90. The zero-order valence-corrected chi connectivity index (χ0v) is 13.1. The Morgan fingerprint density at radius 1 is 1.17 bits per heavy atom. The van der Waals surface area contributed by atoms with E-state index >= 15 is 0 Å². The highest BCUT2D eigenvalue weighted by atomic mass is 32.2. The van der Waals surface area contributed by atoms with Crippen LogP contribution in [0, 0.1) is 6.92 Å². The summed E-state index contributed by atoms with van der Waals surface area (Å²) >= 11 is 0. The Hall–Kier alpha value is -2.48. The molecule has 0 aliphatic heterocycles.